The fourth-order valence-electron chi connectivity index (χ4n) is 1.14. The number of aliphatic hydroxyl groups excluding tert-OH is 1. The number of rotatable bonds is 2. The Bertz CT molecular complexity index is 233. The fraction of sp³-hybridized carbons (Fsp3) is 0.444. The van der Waals surface area contributed by atoms with E-state index >= 15 is 0 Å². The van der Waals surface area contributed by atoms with Crippen LogP contribution in [0.3, 0.4) is 0 Å². The van der Waals surface area contributed by atoms with Gasteiger partial charge in [0.1, 0.15) is 0 Å². The number of aliphatic hydroxyl groups is 1. The molecular formula is C9H14NO+. The van der Waals surface area contributed by atoms with E-state index in [9.17, 15) is 0 Å². The van der Waals surface area contributed by atoms with E-state index in [0.29, 0.717) is 5.92 Å². The van der Waals surface area contributed by atoms with Gasteiger partial charge in [0.2, 0.25) is 6.73 Å². The molecule has 0 bridgehead atoms. The van der Waals surface area contributed by atoms with Crippen LogP contribution in [0.25, 0.3) is 0 Å². The summed E-state index contributed by atoms with van der Waals surface area (Å²) in [5.74, 6) is 0.461. The molecule has 1 aromatic rings. The van der Waals surface area contributed by atoms with Crippen LogP contribution in [-0.4, -0.2) is 5.11 Å². The lowest BCUT2D eigenvalue weighted by molar-refractivity contribution is -0.737. The van der Waals surface area contributed by atoms with E-state index in [1.54, 1.807) is 0 Å². The van der Waals surface area contributed by atoms with Crippen molar-refractivity contribution in [2.24, 2.45) is 0 Å². The largest absolute Gasteiger partial charge is 0.339 e. The highest BCUT2D eigenvalue weighted by molar-refractivity contribution is 5.00. The van der Waals surface area contributed by atoms with Gasteiger partial charge in [0.25, 0.3) is 0 Å². The fourth-order valence-corrected chi connectivity index (χ4v) is 1.14. The second kappa shape index (κ2) is 3.49. The summed E-state index contributed by atoms with van der Waals surface area (Å²) in [5, 5.41) is 8.93. The molecule has 0 aliphatic rings. The predicted octanol–water partition coefficient (Wildman–Crippen LogP) is 1.05. The lowest BCUT2D eigenvalue weighted by Gasteiger charge is -2.02. The third-order valence-electron chi connectivity index (χ3n) is 1.72. The van der Waals surface area contributed by atoms with Gasteiger partial charge in [-0.3, -0.25) is 0 Å². The topological polar surface area (TPSA) is 24.1 Å². The predicted molar refractivity (Wildman–Crippen MR) is 42.9 cm³/mol. The zero-order valence-corrected chi connectivity index (χ0v) is 6.99. The molecule has 2 heteroatoms. The van der Waals surface area contributed by atoms with Crippen LogP contribution >= 0.6 is 0 Å². The summed E-state index contributed by atoms with van der Waals surface area (Å²) in [5.41, 5.74) is 1.16. The zero-order valence-electron chi connectivity index (χ0n) is 6.99. The maximum Gasteiger partial charge on any atom is 0.250 e. The van der Waals surface area contributed by atoms with Crippen molar-refractivity contribution >= 4 is 0 Å². The van der Waals surface area contributed by atoms with E-state index in [1.165, 1.54) is 0 Å². The number of pyridine rings is 1. The highest BCUT2D eigenvalue weighted by Gasteiger charge is 2.10. The van der Waals surface area contributed by atoms with Crippen LogP contribution in [0, 0.1) is 0 Å². The zero-order chi connectivity index (χ0) is 8.27. The van der Waals surface area contributed by atoms with Gasteiger partial charge < -0.3 is 5.11 Å². The minimum absolute atomic E-state index is 0.0638. The van der Waals surface area contributed by atoms with E-state index in [1.807, 2.05) is 29.0 Å². The summed E-state index contributed by atoms with van der Waals surface area (Å²) >= 11 is 0. The first-order valence-electron chi connectivity index (χ1n) is 3.85. The standard InChI is InChI=1S/C9H14NO/c1-8(2)9-5-3-4-6-10(9)7-11/h3-6,8,11H,7H2,1-2H3/q+1. The SMILES string of the molecule is CC(C)c1cccc[n+]1CO. The Balaban J connectivity index is 3.02. The van der Waals surface area contributed by atoms with Crippen molar-refractivity contribution in [1.82, 2.24) is 0 Å². The number of hydrogen-bond acceptors (Lipinski definition) is 1. The number of aromatic nitrogens is 1. The molecule has 0 aromatic carbocycles. The van der Waals surface area contributed by atoms with Crippen molar-refractivity contribution in [2.45, 2.75) is 26.5 Å². The first-order valence-corrected chi connectivity index (χ1v) is 3.85. The molecule has 1 heterocycles. The Morgan fingerprint density at radius 2 is 2.18 bits per heavy atom. The maximum absolute atomic E-state index is 8.93. The maximum atomic E-state index is 8.93. The van der Waals surface area contributed by atoms with Crippen molar-refractivity contribution in [3.8, 4) is 0 Å². The van der Waals surface area contributed by atoms with E-state index in [4.69, 9.17) is 5.11 Å². The van der Waals surface area contributed by atoms with Crippen molar-refractivity contribution in [3.05, 3.63) is 30.1 Å². The second-order valence-electron chi connectivity index (χ2n) is 2.89. The van der Waals surface area contributed by atoms with Crippen LogP contribution < -0.4 is 4.57 Å². The molecule has 0 saturated carbocycles. The van der Waals surface area contributed by atoms with Gasteiger partial charge in [-0.05, 0) is 0 Å². The highest BCUT2D eigenvalue weighted by atomic mass is 16.3. The highest BCUT2D eigenvalue weighted by Crippen LogP contribution is 2.07. The normalized spacial score (nSPS) is 10.5. The van der Waals surface area contributed by atoms with E-state index in [-0.39, 0.29) is 6.73 Å². The van der Waals surface area contributed by atoms with Gasteiger partial charge in [0.05, 0.1) is 0 Å². The first kappa shape index (κ1) is 8.21. The Hall–Kier alpha value is -0.890. The van der Waals surface area contributed by atoms with Gasteiger partial charge in [-0.15, -0.1) is 0 Å². The molecule has 0 aliphatic heterocycles. The summed E-state index contributed by atoms with van der Waals surface area (Å²) in [6.45, 7) is 4.29. The third-order valence-corrected chi connectivity index (χ3v) is 1.72. The molecule has 11 heavy (non-hydrogen) atoms. The van der Waals surface area contributed by atoms with Crippen LogP contribution in [0.5, 0.6) is 0 Å². The minimum Gasteiger partial charge on any atom is -0.339 e. The van der Waals surface area contributed by atoms with Crippen LogP contribution in [0.15, 0.2) is 24.4 Å². The average molecular weight is 152 g/mol. The second-order valence-corrected chi connectivity index (χ2v) is 2.89. The molecule has 0 saturated heterocycles. The first-order chi connectivity index (χ1) is 5.25. The van der Waals surface area contributed by atoms with Gasteiger partial charge in [-0.2, -0.15) is 4.57 Å². The van der Waals surface area contributed by atoms with Gasteiger partial charge in [0, 0.05) is 18.1 Å². The summed E-state index contributed by atoms with van der Waals surface area (Å²) in [7, 11) is 0. The Morgan fingerprint density at radius 1 is 1.45 bits per heavy atom. The molecule has 0 spiro atoms. The molecular weight excluding hydrogens is 138 g/mol. The van der Waals surface area contributed by atoms with Crippen molar-refractivity contribution < 1.29 is 9.67 Å². The smallest absolute Gasteiger partial charge is 0.250 e. The molecule has 0 atom stereocenters. The molecule has 1 N–H and O–H groups in total. The van der Waals surface area contributed by atoms with Gasteiger partial charge >= 0.3 is 0 Å². The third kappa shape index (κ3) is 1.77. The van der Waals surface area contributed by atoms with Crippen LogP contribution in [0.2, 0.25) is 0 Å². The summed E-state index contributed by atoms with van der Waals surface area (Å²) in [6.07, 6.45) is 1.88. The van der Waals surface area contributed by atoms with Gasteiger partial charge in [0.15, 0.2) is 11.9 Å². The molecule has 1 aromatic heterocycles. The van der Waals surface area contributed by atoms with E-state index in [0.717, 1.165) is 5.69 Å². The van der Waals surface area contributed by atoms with Crippen molar-refractivity contribution in [3.63, 3.8) is 0 Å². The molecule has 0 amide bonds. The molecule has 0 unspecified atom stereocenters. The quantitative estimate of drug-likeness (QED) is 0.629. The van der Waals surface area contributed by atoms with Crippen LogP contribution in [-0.2, 0) is 6.73 Å². The van der Waals surface area contributed by atoms with Crippen LogP contribution in [0.4, 0.5) is 0 Å². The Labute approximate surface area is 67.1 Å². The molecule has 0 fully saturated rings. The van der Waals surface area contributed by atoms with Gasteiger partial charge in [-0.1, -0.05) is 19.9 Å². The minimum atomic E-state index is 0.0638. The summed E-state index contributed by atoms with van der Waals surface area (Å²) < 4.78 is 1.84. The number of hydrogen-bond donors (Lipinski definition) is 1. The average Bonchev–Trinajstić information content (AvgIpc) is 2.04. The Morgan fingerprint density at radius 3 is 2.64 bits per heavy atom. The lowest BCUT2D eigenvalue weighted by Crippen LogP contribution is -2.38. The molecule has 60 valence electrons. The summed E-state index contributed by atoms with van der Waals surface area (Å²) in [6, 6.07) is 5.94. The van der Waals surface area contributed by atoms with Crippen LogP contribution in [0.1, 0.15) is 25.5 Å². The molecule has 1 rings (SSSR count). The van der Waals surface area contributed by atoms with E-state index < -0.39 is 0 Å². The lowest BCUT2D eigenvalue weighted by atomic mass is 10.1. The monoisotopic (exact) mass is 152 g/mol. The van der Waals surface area contributed by atoms with E-state index in [2.05, 4.69) is 13.8 Å². The molecule has 0 radical (unpaired) electrons. The summed E-state index contributed by atoms with van der Waals surface area (Å²) in [4.78, 5) is 0. The molecule has 0 aliphatic carbocycles. The Kier molecular flexibility index (Phi) is 2.60. The molecule has 2 nitrogen and oxygen atoms in total. The van der Waals surface area contributed by atoms with Gasteiger partial charge in [-0.25, -0.2) is 0 Å². The van der Waals surface area contributed by atoms with Crippen molar-refractivity contribution in [2.75, 3.05) is 0 Å². The van der Waals surface area contributed by atoms with Crippen molar-refractivity contribution in [1.29, 1.82) is 0 Å². The number of nitrogens with zero attached hydrogens (tertiary/aromatic N) is 1.